The molecule has 0 unspecified atom stereocenters. The van der Waals surface area contributed by atoms with E-state index < -0.39 is 12.0 Å². The van der Waals surface area contributed by atoms with Crippen molar-refractivity contribution in [3.8, 4) is 0 Å². The van der Waals surface area contributed by atoms with Crippen LogP contribution >= 0.6 is 0 Å². The summed E-state index contributed by atoms with van der Waals surface area (Å²) < 4.78 is 0. The molecule has 0 saturated carbocycles. The van der Waals surface area contributed by atoms with E-state index in [1.54, 1.807) is 12.1 Å². The molecule has 0 spiro atoms. The molecule has 0 radical (unpaired) electrons. The van der Waals surface area contributed by atoms with Crippen LogP contribution < -0.4 is 0 Å². The van der Waals surface area contributed by atoms with Crippen LogP contribution in [-0.2, 0) is 6.42 Å². The molecule has 5 nitrogen and oxygen atoms in total. The molecule has 1 atom stereocenters. The maximum absolute atomic E-state index is 10.5. The van der Waals surface area contributed by atoms with Crippen LogP contribution in [0.15, 0.2) is 24.3 Å². The highest BCUT2D eigenvalue weighted by Crippen LogP contribution is 2.08. The molecule has 0 aromatic heterocycles. The lowest BCUT2D eigenvalue weighted by atomic mass is 10.1. The van der Waals surface area contributed by atoms with Crippen LogP contribution in [0, 0.1) is 10.1 Å². The molecule has 0 saturated heterocycles. The Labute approximate surface area is 86.5 Å². The summed E-state index contributed by atoms with van der Waals surface area (Å²) in [6.45, 7) is 1.52. The van der Waals surface area contributed by atoms with Gasteiger partial charge in [0.1, 0.15) is 0 Å². The van der Waals surface area contributed by atoms with E-state index in [-0.39, 0.29) is 10.5 Å². The molecule has 0 amide bonds. The molecule has 0 aliphatic heterocycles. The monoisotopic (exact) mass is 209 g/mol. The van der Waals surface area contributed by atoms with Gasteiger partial charge in [-0.1, -0.05) is 12.1 Å². The van der Waals surface area contributed by atoms with Crippen molar-refractivity contribution in [3.63, 3.8) is 0 Å². The smallest absolute Gasteiger partial charge is 0.335 e. The second kappa shape index (κ2) is 4.54. The zero-order valence-electron chi connectivity index (χ0n) is 8.21. The molecule has 15 heavy (non-hydrogen) atoms. The van der Waals surface area contributed by atoms with Crippen LogP contribution in [0.25, 0.3) is 0 Å². The number of benzene rings is 1. The molecule has 80 valence electrons. The number of nitrogens with zero attached hydrogens (tertiary/aromatic N) is 1. The molecular formula is C10H11NO4. The van der Waals surface area contributed by atoms with Crippen LogP contribution in [0.4, 0.5) is 0 Å². The molecular weight excluding hydrogens is 198 g/mol. The number of aromatic carboxylic acids is 1. The first-order valence-electron chi connectivity index (χ1n) is 4.46. The van der Waals surface area contributed by atoms with Gasteiger partial charge in [0.15, 0.2) is 0 Å². The molecule has 0 bridgehead atoms. The minimum atomic E-state index is -0.996. The maximum atomic E-state index is 10.5. The summed E-state index contributed by atoms with van der Waals surface area (Å²) in [5.74, 6) is -0.996. The fraction of sp³-hybridized carbons (Fsp3) is 0.300. The Kier molecular flexibility index (Phi) is 3.38. The van der Waals surface area contributed by atoms with Gasteiger partial charge in [0.2, 0.25) is 6.04 Å². The summed E-state index contributed by atoms with van der Waals surface area (Å²) >= 11 is 0. The molecule has 1 rings (SSSR count). The van der Waals surface area contributed by atoms with Gasteiger partial charge in [-0.15, -0.1) is 0 Å². The average molecular weight is 209 g/mol. The number of rotatable bonds is 4. The van der Waals surface area contributed by atoms with Gasteiger partial charge in [0.25, 0.3) is 0 Å². The van der Waals surface area contributed by atoms with Crippen molar-refractivity contribution in [1.82, 2.24) is 0 Å². The average Bonchev–Trinajstić information content (AvgIpc) is 2.18. The third kappa shape index (κ3) is 3.05. The van der Waals surface area contributed by atoms with Crippen molar-refractivity contribution in [2.24, 2.45) is 0 Å². The largest absolute Gasteiger partial charge is 0.478 e. The lowest BCUT2D eigenvalue weighted by molar-refractivity contribution is -0.517. The minimum Gasteiger partial charge on any atom is -0.478 e. The predicted molar refractivity (Wildman–Crippen MR) is 53.6 cm³/mol. The first-order chi connectivity index (χ1) is 7.00. The van der Waals surface area contributed by atoms with Gasteiger partial charge >= 0.3 is 5.97 Å². The van der Waals surface area contributed by atoms with Gasteiger partial charge in [-0.2, -0.15) is 0 Å². The van der Waals surface area contributed by atoms with Crippen LogP contribution in [0.3, 0.4) is 0 Å². The molecule has 5 heteroatoms. The Hall–Kier alpha value is -1.91. The number of carboxylic acids is 1. The molecule has 0 aliphatic carbocycles. The lowest BCUT2D eigenvalue weighted by Gasteiger charge is -2.03. The summed E-state index contributed by atoms with van der Waals surface area (Å²) in [5, 5.41) is 19.0. The van der Waals surface area contributed by atoms with E-state index >= 15 is 0 Å². The fourth-order valence-electron chi connectivity index (χ4n) is 1.20. The normalized spacial score (nSPS) is 12.1. The Morgan fingerprint density at radius 3 is 2.40 bits per heavy atom. The molecule has 0 heterocycles. The zero-order valence-corrected chi connectivity index (χ0v) is 8.21. The summed E-state index contributed by atoms with van der Waals surface area (Å²) in [7, 11) is 0. The minimum absolute atomic E-state index is 0.188. The Bertz CT molecular complexity index is 372. The second-order valence-electron chi connectivity index (χ2n) is 3.34. The van der Waals surface area contributed by atoms with Gasteiger partial charge in [-0.05, 0) is 17.7 Å². The van der Waals surface area contributed by atoms with E-state index in [9.17, 15) is 14.9 Å². The third-order valence-electron chi connectivity index (χ3n) is 2.09. The van der Waals surface area contributed by atoms with Crippen LogP contribution in [-0.4, -0.2) is 22.0 Å². The van der Waals surface area contributed by atoms with E-state index in [4.69, 9.17) is 5.11 Å². The van der Waals surface area contributed by atoms with Crippen molar-refractivity contribution in [3.05, 3.63) is 45.5 Å². The van der Waals surface area contributed by atoms with Crippen molar-refractivity contribution in [2.45, 2.75) is 19.4 Å². The van der Waals surface area contributed by atoms with Crippen molar-refractivity contribution in [1.29, 1.82) is 0 Å². The topological polar surface area (TPSA) is 80.4 Å². The number of hydrogen-bond donors (Lipinski definition) is 1. The molecule has 1 aromatic rings. The van der Waals surface area contributed by atoms with Crippen molar-refractivity contribution in [2.75, 3.05) is 0 Å². The summed E-state index contributed by atoms with van der Waals surface area (Å²) in [6, 6.07) is 5.45. The Morgan fingerprint density at radius 2 is 2.00 bits per heavy atom. The van der Waals surface area contributed by atoms with E-state index in [0.29, 0.717) is 6.42 Å². The zero-order chi connectivity index (χ0) is 11.4. The van der Waals surface area contributed by atoms with Gasteiger partial charge in [0, 0.05) is 18.3 Å². The van der Waals surface area contributed by atoms with Gasteiger partial charge in [-0.3, -0.25) is 10.1 Å². The number of hydrogen-bond acceptors (Lipinski definition) is 3. The second-order valence-corrected chi connectivity index (χ2v) is 3.34. The van der Waals surface area contributed by atoms with Gasteiger partial charge in [-0.25, -0.2) is 4.79 Å². The van der Waals surface area contributed by atoms with Crippen LogP contribution in [0.2, 0.25) is 0 Å². The summed E-state index contributed by atoms with van der Waals surface area (Å²) in [4.78, 5) is 20.6. The highest BCUT2D eigenvalue weighted by Gasteiger charge is 2.13. The highest BCUT2D eigenvalue weighted by molar-refractivity contribution is 5.87. The third-order valence-corrected chi connectivity index (χ3v) is 2.09. The first kappa shape index (κ1) is 11.2. The van der Waals surface area contributed by atoms with Gasteiger partial charge < -0.3 is 5.11 Å². The highest BCUT2D eigenvalue weighted by atomic mass is 16.6. The van der Waals surface area contributed by atoms with Crippen molar-refractivity contribution < 1.29 is 14.8 Å². The Balaban J connectivity index is 2.72. The van der Waals surface area contributed by atoms with Gasteiger partial charge in [0.05, 0.1) is 5.56 Å². The lowest BCUT2D eigenvalue weighted by Crippen LogP contribution is -2.17. The SMILES string of the molecule is C[C@@H](Cc1ccc(C(=O)O)cc1)[N+](=O)[O-]. The predicted octanol–water partition coefficient (Wildman–Crippen LogP) is 1.59. The van der Waals surface area contributed by atoms with E-state index in [1.165, 1.54) is 19.1 Å². The summed E-state index contributed by atoms with van der Waals surface area (Å²) in [6.07, 6.45) is 0.312. The molecule has 1 aromatic carbocycles. The standard InChI is InChI=1S/C10H11NO4/c1-7(11(14)15)6-8-2-4-9(5-3-8)10(12)13/h2-5,7H,6H2,1H3,(H,12,13)/t7-/m0/s1. The molecule has 0 fully saturated rings. The number of carboxylic acid groups (broad SMARTS) is 1. The first-order valence-corrected chi connectivity index (χ1v) is 4.46. The molecule has 1 N–H and O–H groups in total. The fourth-order valence-corrected chi connectivity index (χ4v) is 1.20. The van der Waals surface area contributed by atoms with Crippen LogP contribution in [0.5, 0.6) is 0 Å². The number of nitro groups is 1. The van der Waals surface area contributed by atoms with E-state index in [2.05, 4.69) is 0 Å². The van der Waals surface area contributed by atoms with Crippen LogP contribution in [0.1, 0.15) is 22.8 Å². The quantitative estimate of drug-likeness (QED) is 0.603. The van der Waals surface area contributed by atoms with E-state index in [1.807, 2.05) is 0 Å². The summed E-state index contributed by atoms with van der Waals surface area (Å²) in [5.41, 5.74) is 0.955. The van der Waals surface area contributed by atoms with E-state index in [0.717, 1.165) is 5.56 Å². The number of carbonyl (C=O) groups is 1. The van der Waals surface area contributed by atoms with Crippen molar-refractivity contribution >= 4 is 5.97 Å². The molecule has 0 aliphatic rings. The Morgan fingerprint density at radius 1 is 1.47 bits per heavy atom. The maximum Gasteiger partial charge on any atom is 0.335 e.